The quantitative estimate of drug-likeness (QED) is 0.389. The molecule has 10 heteroatoms. The van der Waals surface area contributed by atoms with Gasteiger partial charge in [-0.2, -0.15) is 0 Å². The second kappa shape index (κ2) is 9.82. The molecule has 4 rings (SSSR count). The molecule has 0 aliphatic heterocycles. The minimum absolute atomic E-state index is 0.222. The highest BCUT2D eigenvalue weighted by atomic mass is 32.2. The number of hydrogen-bond donors (Lipinski definition) is 1. The molecule has 0 radical (unpaired) electrons. The van der Waals surface area contributed by atoms with Crippen molar-refractivity contribution in [1.82, 2.24) is 19.7 Å². The van der Waals surface area contributed by atoms with E-state index in [9.17, 15) is 8.42 Å². The molecule has 0 amide bonds. The Hall–Kier alpha value is -3.08. The third-order valence-electron chi connectivity index (χ3n) is 5.19. The fourth-order valence-corrected chi connectivity index (χ4v) is 5.47. The van der Waals surface area contributed by atoms with Crippen LogP contribution in [0.4, 0.5) is 5.69 Å². The maximum atomic E-state index is 13.1. The second-order valence-corrected chi connectivity index (χ2v) is 10.3. The van der Waals surface area contributed by atoms with Crippen LogP contribution in [0.5, 0.6) is 5.88 Å². The average Bonchev–Trinajstić information content (AvgIpc) is 3.22. The van der Waals surface area contributed by atoms with E-state index < -0.39 is 10.0 Å². The van der Waals surface area contributed by atoms with Crippen LogP contribution in [0.2, 0.25) is 0 Å². The van der Waals surface area contributed by atoms with E-state index in [1.165, 1.54) is 0 Å². The number of ether oxygens (including phenoxy) is 1. The minimum atomic E-state index is -3.74. The van der Waals surface area contributed by atoms with Gasteiger partial charge in [-0.1, -0.05) is 6.07 Å². The van der Waals surface area contributed by atoms with Crippen LogP contribution in [0.15, 0.2) is 59.1 Å². The first-order valence-corrected chi connectivity index (χ1v) is 12.7. The first kappa shape index (κ1) is 23.1. The molecule has 0 saturated heterocycles. The Kier molecular flexibility index (Phi) is 6.87. The van der Waals surface area contributed by atoms with Gasteiger partial charge < -0.3 is 9.64 Å². The van der Waals surface area contributed by atoms with E-state index in [0.29, 0.717) is 24.2 Å². The van der Waals surface area contributed by atoms with Crippen LogP contribution in [-0.4, -0.2) is 44.1 Å². The predicted molar refractivity (Wildman–Crippen MR) is 130 cm³/mol. The third kappa shape index (κ3) is 5.29. The van der Waals surface area contributed by atoms with Crippen molar-refractivity contribution in [2.75, 3.05) is 25.6 Å². The van der Waals surface area contributed by atoms with Crippen LogP contribution < -0.4 is 14.4 Å². The van der Waals surface area contributed by atoms with Crippen molar-refractivity contribution in [2.24, 2.45) is 0 Å². The van der Waals surface area contributed by atoms with Crippen molar-refractivity contribution in [3.63, 3.8) is 0 Å². The van der Waals surface area contributed by atoms with Crippen molar-refractivity contribution >= 4 is 37.8 Å². The zero-order valence-corrected chi connectivity index (χ0v) is 20.3. The molecule has 0 saturated carbocycles. The number of sulfonamides is 1. The molecule has 0 bridgehead atoms. The van der Waals surface area contributed by atoms with E-state index in [2.05, 4.69) is 24.6 Å². The normalized spacial score (nSPS) is 11.6. The van der Waals surface area contributed by atoms with Crippen LogP contribution >= 0.6 is 11.3 Å². The number of nitrogens with zero attached hydrogens (tertiary/aromatic N) is 4. The summed E-state index contributed by atoms with van der Waals surface area (Å²) in [5.41, 5.74) is 2.62. The monoisotopic (exact) mass is 483 g/mol. The Morgan fingerprint density at radius 1 is 1.09 bits per heavy atom. The maximum Gasteiger partial charge on any atom is 0.241 e. The predicted octanol–water partition coefficient (Wildman–Crippen LogP) is 3.56. The summed E-state index contributed by atoms with van der Waals surface area (Å²) < 4.78 is 34.1. The van der Waals surface area contributed by atoms with Gasteiger partial charge in [-0.25, -0.2) is 23.1 Å². The molecular weight excluding hydrogens is 458 g/mol. The molecule has 33 heavy (non-hydrogen) atoms. The highest BCUT2D eigenvalue weighted by Crippen LogP contribution is 2.31. The highest BCUT2D eigenvalue weighted by molar-refractivity contribution is 7.89. The van der Waals surface area contributed by atoms with Gasteiger partial charge in [0.1, 0.15) is 0 Å². The van der Waals surface area contributed by atoms with Crippen molar-refractivity contribution < 1.29 is 13.2 Å². The SMILES string of the molecule is COc1cccc(CCNS(=O)(=O)c2ccc(N(C)Cc3csc(C)n3)c3cnccc23)n1. The topological polar surface area (TPSA) is 97.3 Å². The minimum Gasteiger partial charge on any atom is -0.481 e. The van der Waals surface area contributed by atoms with E-state index in [1.807, 2.05) is 37.6 Å². The molecule has 0 aliphatic carbocycles. The standard InChI is InChI=1S/C23H25N5O3S2/c1-16-26-18(15-32-16)14-28(2)21-7-8-22(19-10-11-24-13-20(19)21)33(29,30)25-12-9-17-5-4-6-23(27-17)31-3/h4-8,10-11,13,15,25H,9,12,14H2,1-3H3. The molecule has 3 aromatic heterocycles. The zero-order valence-electron chi connectivity index (χ0n) is 18.6. The molecular formula is C23H25N5O3S2. The summed E-state index contributed by atoms with van der Waals surface area (Å²) in [7, 11) is -0.225. The number of anilines is 1. The lowest BCUT2D eigenvalue weighted by Gasteiger charge is -2.21. The highest BCUT2D eigenvalue weighted by Gasteiger charge is 2.20. The molecule has 0 spiro atoms. The van der Waals surface area contributed by atoms with Crippen LogP contribution in [0.25, 0.3) is 10.8 Å². The van der Waals surface area contributed by atoms with Crippen LogP contribution in [0, 0.1) is 6.92 Å². The molecule has 4 aromatic rings. The molecule has 8 nitrogen and oxygen atoms in total. The Labute approximate surface area is 197 Å². The molecule has 0 atom stereocenters. The molecule has 172 valence electrons. The molecule has 1 N–H and O–H groups in total. The van der Waals surface area contributed by atoms with Crippen molar-refractivity contribution in [1.29, 1.82) is 0 Å². The van der Waals surface area contributed by atoms with Gasteiger partial charge in [-0.3, -0.25) is 4.98 Å². The van der Waals surface area contributed by atoms with E-state index in [1.54, 1.807) is 49.0 Å². The Morgan fingerprint density at radius 3 is 2.70 bits per heavy atom. The molecule has 0 unspecified atom stereocenters. The number of aryl methyl sites for hydroxylation is 1. The van der Waals surface area contributed by atoms with Gasteiger partial charge in [-0.15, -0.1) is 11.3 Å². The van der Waals surface area contributed by atoms with Gasteiger partial charge in [-0.05, 0) is 31.2 Å². The van der Waals surface area contributed by atoms with Gasteiger partial charge >= 0.3 is 0 Å². The van der Waals surface area contributed by atoms with Crippen molar-refractivity contribution in [3.8, 4) is 5.88 Å². The fourth-order valence-electron chi connectivity index (χ4n) is 3.63. The molecule has 3 heterocycles. The number of rotatable bonds is 9. The van der Waals surface area contributed by atoms with Gasteiger partial charge in [0.05, 0.1) is 29.3 Å². The number of fused-ring (bicyclic) bond motifs is 1. The van der Waals surface area contributed by atoms with Gasteiger partial charge in [0.15, 0.2) is 0 Å². The van der Waals surface area contributed by atoms with Gasteiger partial charge in [0, 0.05) is 66.0 Å². The summed E-state index contributed by atoms with van der Waals surface area (Å²) in [6, 6.07) is 10.6. The lowest BCUT2D eigenvalue weighted by molar-refractivity contribution is 0.396. The summed E-state index contributed by atoms with van der Waals surface area (Å²) in [5, 5.41) is 4.44. The number of aromatic nitrogens is 3. The first-order valence-electron chi connectivity index (χ1n) is 10.4. The second-order valence-electron chi connectivity index (χ2n) is 7.54. The smallest absolute Gasteiger partial charge is 0.241 e. The molecule has 1 aromatic carbocycles. The Morgan fingerprint density at radius 2 is 1.94 bits per heavy atom. The van der Waals surface area contributed by atoms with Crippen LogP contribution in [-0.2, 0) is 23.0 Å². The number of nitrogens with one attached hydrogen (secondary N) is 1. The summed E-state index contributed by atoms with van der Waals surface area (Å²) in [6.45, 7) is 2.82. The molecule has 0 fully saturated rings. The third-order valence-corrected chi connectivity index (χ3v) is 7.53. The van der Waals surface area contributed by atoms with Crippen LogP contribution in [0.1, 0.15) is 16.4 Å². The van der Waals surface area contributed by atoms with E-state index >= 15 is 0 Å². The first-order chi connectivity index (χ1) is 15.9. The lowest BCUT2D eigenvalue weighted by atomic mass is 10.1. The number of methoxy groups -OCH3 is 1. The van der Waals surface area contributed by atoms with E-state index in [4.69, 9.17) is 4.74 Å². The Balaban J connectivity index is 1.56. The van der Waals surface area contributed by atoms with E-state index in [0.717, 1.165) is 27.5 Å². The Bertz CT molecular complexity index is 1370. The molecule has 0 aliphatic rings. The summed E-state index contributed by atoms with van der Waals surface area (Å²) in [6.07, 6.45) is 3.76. The largest absolute Gasteiger partial charge is 0.481 e. The zero-order chi connectivity index (χ0) is 23.4. The van der Waals surface area contributed by atoms with Gasteiger partial charge in [0.2, 0.25) is 15.9 Å². The summed E-state index contributed by atoms with van der Waals surface area (Å²) >= 11 is 1.61. The number of benzene rings is 1. The van der Waals surface area contributed by atoms with Crippen molar-refractivity contribution in [2.45, 2.75) is 24.8 Å². The van der Waals surface area contributed by atoms with E-state index in [-0.39, 0.29) is 11.4 Å². The fraction of sp³-hybridized carbons (Fsp3) is 0.261. The number of pyridine rings is 2. The lowest BCUT2D eigenvalue weighted by Crippen LogP contribution is -2.26. The van der Waals surface area contributed by atoms with Crippen molar-refractivity contribution in [3.05, 3.63) is 70.6 Å². The average molecular weight is 484 g/mol. The summed E-state index contributed by atoms with van der Waals surface area (Å²) in [4.78, 5) is 15.4. The number of thiazole rings is 1. The number of hydrogen-bond acceptors (Lipinski definition) is 8. The maximum absolute atomic E-state index is 13.1. The van der Waals surface area contributed by atoms with Gasteiger partial charge in [0.25, 0.3) is 0 Å². The van der Waals surface area contributed by atoms with Crippen LogP contribution in [0.3, 0.4) is 0 Å². The summed E-state index contributed by atoms with van der Waals surface area (Å²) in [5.74, 6) is 0.501.